The molecule has 5 nitrogen and oxygen atoms in total. The first kappa shape index (κ1) is 14.3. The van der Waals surface area contributed by atoms with Crippen molar-refractivity contribution in [2.75, 3.05) is 13.4 Å². The number of hydrogen-bond donors (Lipinski definition) is 1. The molecule has 0 amide bonds. The lowest BCUT2D eigenvalue weighted by Crippen LogP contribution is -2.45. The topological polar surface area (TPSA) is 66.8 Å². The summed E-state index contributed by atoms with van der Waals surface area (Å²) >= 11 is 0. The molecule has 1 N–H and O–H groups in total. The molecule has 0 spiro atoms. The van der Waals surface area contributed by atoms with Gasteiger partial charge in [0, 0.05) is 12.5 Å². The minimum atomic E-state index is -3.43. The van der Waals surface area contributed by atoms with Crippen molar-refractivity contribution in [1.29, 1.82) is 0 Å². The number of methoxy groups -OCH3 is 1. The van der Waals surface area contributed by atoms with E-state index in [4.69, 9.17) is 4.74 Å². The monoisotopic (exact) mass is 285 g/mol. The van der Waals surface area contributed by atoms with Crippen LogP contribution in [0, 0.1) is 0 Å². The summed E-state index contributed by atoms with van der Waals surface area (Å²) < 4.78 is 29.9. The van der Waals surface area contributed by atoms with Gasteiger partial charge in [-0.25, -0.2) is 8.42 Å². The fourth-order valence-electron chi connectivity index (χ4n) is 2.65. The lowest BCUT2D eigenvalue weighted by Gasteiger charge is -2.28. The summed E-state index contributed by atoms with van der Waals surface area (Å²) in [5.41, 5.74) is 1.99. The number of benzene rings is 1. The zero-order valence-corrected chi connectivity index (χ0v) is 12.1. The van der Waals surface area contributed by atoms with Crippen LogP contribution in [0.5, 0.6) is 5.75 Å². The maximum atomic E-state index is 11.8. The van der Waals surface area contributed by atoms with Gasteiger partial charge in [-0.3, -0.25) is 0 Å². The van der Waals surface area contributed by atoms with Crippen LogP contribution in [-0.2, 0) is 22.9 Å². The van der Waals surface area contributed by atoms with Gasteiger partial charge in [0.05, 0.1) is 13.4 Å². The third-order valence-corrected chi connectivity index (χ3v) is 4.81. The van der Waals surface area contributed by atoms with E-state index in [1.54, 1.807) is 14.0 Å². The maximum Gasteiger partial charge on any atom is 0.213 e. The van der Waals surface area contributed by atoms with Crippen LogP contribution in [0.15, 0.2) is 18.2 Å². The molecule has 1 heterocycles. The minimum Gasteiger partial charge on any atom is -0.497 e. The van der Waals surface area contributed by atoms with E-state index in [1.807, 2.05) is 18.2 Å². The van der Waals surface area contributed by atoms with E-state index in [9.17, 15) is 13.5 Å². The average Bonchev–Trinajstić information content (AvgIpc) is 2.41. The number of sulfonamides is 1. The second-order valence-electron chi connectivity index (χ2n) is 4.97. The second-order valence-corrected chi connectivity index (χ2v) is 6.85. The standard InChI is InChI=1S/C13H19NO4S/c1-9-6-11-7-12(18-2)5-4-10(11)8-13(15)14(9)19(3,16)17/h4-5,7,9,13,15H,6,8H2,1-3H3. The Hall–Kier alpha value is -1.11. The fraction of sp³-hybridized carbons (Fsp3) is 0.538. The highest BCUT2D eigenvalue weighted by Gasteiger charge is 2.33. The van der Waals surface area contributed by atoms with Crippen molar-refractivity contribution in [3.05, 3.63) is 29.3 Å². The lowest BCUT2D eigenvalue weighted by atomic mass is 10.0. The van der Waals surface area contributed by atoms with Crippen molar-refractivity contribution in [3.8, 4) is 5.75 Å². The Balaban J connectivity index is 2.41. The first-order valence-corrected chi connectivity index (χ1v) is 8.00. The molecule has 0 saturated carbocycles. The molecule has 2 rings (SSSR count). The van der Waals surface area contributed by atoms with Crippen LogP contribution in [0.3, 0.4) is 0 Å². The van der Waals surface area contributed by atoms with Crippen LogP contribution in [0.2, 0.25) is 0 Å². The highest BCUT2D eigenvalue weighted by Crippen LogP contribution is 2.27. The number of aliphatic hydroxyl groups excluding tert-OH is 1. The molecule has 6 heteroatoms. The Morgan fingerprint density at radius 2 is 2.00 bits per heavy atom. The van der Waals surface area contributed by atoms with Gasteiger partial charge in [0.1, 0.15) is 12.0 Å². The molecule has 0 aliphatic carbocycles. The first-order valence-electron chi connectivity index (χ1n) is 6.15. The number of fused-ring (bicyclic) bond motifs is 1. The second kappa shape index (κ2) is 5.11. The van der Waals surface area contributed by atoms with Crippen molar-refractivity contribution in [3.63, 3.8) is 0 Å². The lowest BCUT2D eigenvalue weighted by molar-refractivity contribution is 0.0476. The fourth-order valence-corrected chi connectivity index (χ4v) is 3.90. The van der Waals surface area contributed by atoms with E-state index in [1.165, 1.54) is 4.31 Å². The van der Waals surface area contributed by atoms with Gasteiger partial charge in [0.25, 0.3) is 0 Å². The van der Waals surface area contributed by atoms with Crippen molar-refractivity contribution in [2.45, 2.75) is 32.0 Å². The van der Waals surface area contributed by atoms with Gasteiger partial charge in [-0.15, -0.1) is 0 Å². The number of aliphatic hydroxyl groups is 1. The van der Waals surface area contributed by atoms with Crippen LogP contribution in [0.4, 0.5) is 0 Å². The maximum absolute atomic E-state index is 11.8. The number of ether oxygens (including phenoxy) is 1. The van der Waals surface area contributed by atoms with Crippen LogP contribution in [-0.4, -0.2) is 43.5 Å². The smallest absolute Gasteiger partial charge is 0.213 e. The molecule has 1 aliphatic heterocycles. The predicted octanol–water partition coefficient (Wildman–Crippen LogP) is 0.762. The number of nitrogens with zero attached hydrogens (tertiary/aromatic N) is 1. The quantitative estimate of drug-likeness (QED) is 0.871. The third kappa shape index (κ3) is 2.91. The highest BCUT2D eigenvalue weighted by atomic mass is 32.2. The van der Waals surface area contributed by atoms with Gasteiger partial charge in [0.15, 0.2) is 0 Å². The summed E-state index contributed by atoms with van der Waals surface area (Å²) in [6.07, 6.45) is 0.982. The molecule has 0 saturated heterocycles. The molecule has 0 bridgehead atoms. The van der Waals surface area contributed by atoms with Crippen molar-refractivity contribution in [2.24, 2.45) is 0 Å². The zero-order chi connectivity index (χ0) is 14.2. The molecule has 106 valence electrons. The molecule has 1 aliphatic rings. The molecule has 2 unspecified atom stereocenters. The third-order valence-electron chi connectivity index (χ3n) is 3.44. The molecule has 0 aromatic heterocycles. The summed E-state index contributed by atoms with van der Waals surface area (Å²) in [4.78, 5) is 0. The van der Waals surface area contributed by atoms with E-state index in [0.29, 0.717) is 12.8 Å². The van der Waals surface area contributed by atoms with Crippen LogP contribution in [0.25, 0.3) is 0 Å². The van der Waals surface area contributed by atoms with E-state index in [2.05, 4.69) is 0 Å². The molecule has 0 fully saturated rings. The Kier molecular flexibility index (Phi) is 3.85. The van der Waals surface area contributed by atoms with Crippen molar-refractivity contribution < 1.29 is 18.3 Å². The molecular weight excluding hydrogens is 266 g/mol. The van der Waals surface area contributed by atoms with Crippen molar-refractivity contribution in [1.82, 2.24) is 4.31 Å². The van der Waals surface area contributed by atoms with Crippen LogP contribution >= 0.6 is 0 Å². The van der Waals surface area contributed by atoms with Crippen molar-refractivity contribution >= 4 is 10.0 Å². The summed E-state index contributed by atoms with van der Waals surface area (Å²) in [6, 6.07) is 5.34. The minimum absolute atomic E-state index is 0.279. The number of rotatable bonds is 2. The van der Waals surface area contributed by atoms with Gasteiger partial charge in [-0.2, -0.15) is 4.31 Å². The normalized spacial score (nSPS) is 24.6. The highest BCUT2D eigenvalue weighted by molar-refractivity contribution is 7.88. The summed E-state index contributed by atoms with van der Waals surface area (Å²) in [7, 11) is -1.83. The number of hydrogen-bond acceptors (Lipinski definition) is 4. The molecule has 2 atom stereocenters. The summed E-state index contributed by atoms with van der Waals surface area (Å²) in [5.74, 6) is 0.744. The van der Waals surface area contributed by atoms with Gasteiger partial charge >= 0.3 is 0 Å². The van der Waals surface area contributed by atoms with Gasteiger partial charge in [-0.05, 0) is 36.6 Å². The van der Waals surface area contributed by atoms with Gasteiger partial charge < -0.3 is 9.84 Å². The van der Waals surface area contributed by atoms with Crippen LogP contribution < -0.4 is 4.74 Å². The van der Waals surface area contributed by atoms with Crippen LogP contribution in [0.1, 0.15) is 18.1 Å². The van der Waals surface area contributed by atoms with E-state index in [-0.39, 0.29) is 6.04 Å². The predicted molar refractivity (Wildman–Crippen MR) is 72.6 cm³/mol. The molecule has 1 aromatic rings. The van der Waals surface area contributed by atoms with Gasteiger partial charge in [-0.1, -0.05) is 6.07 Å². The SMILES string of the molecule is COc1ccc2c(c1)CC(C)N(S(C)(=O)=O)C(O)C2. The Bertz CT molecular complexity index is 570. The molecule has 19 heavy (non-hydrogen) atoms. The van der Waals surface area contributed by atoms with E-state index < -0.39 is 16.3 Å². The average molecular weight is 285 g/mol. The molecule has 0 radical (unpaired) electrons. The Morgan fingerprint density at radius 1 is 1.32 bits per heavy atom. The summed E-state index contributed by atoms with van der Waals surface area (Å²) in [6.45, 7) is 1.80. The van der Waals surface area contributed by atoms with E-state index >= 15 is 0 Å². The summed E-state index contributed by atoms with van der Waals surface area (Å²) in [5, 5.41) is 10.1. The largest absolute Gasteiger partial charge is 0.497 e. The molecule has 1 aromatic carbocycles. The van der Waals surface area contributed by atoms with Gasteiger partial charge in [0.2, 0.25) is 10.0 Å². The van der Waals surface area contributed by atoms with E-state index in [0.717, 1.165) is 23.1 Å². The first-order chi connectivity index (χ1) is 8.82. The zero-order valence-electron chi connectivity index (χ0n) is 11.3. The Labute approximate surface area is 113 Å². The molecular formula is C13H19NO4S. The Morgan fingerprint density at radius 3 is 2.58 bits per heavy atom.